The first-order valence-corrected chi connectivity index (χ1v) is 8.72. The molecule has 1 aliphatic carbocycles. The first-order valence-electron chi connectivity index (χ1n) is 8.72. The summed E-state index contributed by atoms with van der Waals surface area (Å²) in [6.07, 6.45) is 2.03. The fraction of sp³-hybridized carbons (Fsp3) is 0.333. The Hall–Kier alpha value is -2.80. The summed E-state index contributed by atoms with van der Waals surface area (Å²) >= 11 is 0. The van der Waals surface area contributed by atoms with Gasteiger partial charge in [0.2, 0.25) is 5.91 Å². The van der Waals surface area contributed by atoms with Crippen molar-refractivity contribution < 1.29 is 4.79 Å². The summed E-state index contributed by atoms with van der Waals surface area (Å²) < 4.78 is 0. The third-order valence-corrected chi connectivity index (χ3v) is 5.52. The molecule has 1 saturated heterocycles. The standard InChI is InChI=1S/C21H21N3O/c1-22-24-14-20(25)23(2)13-19(24)21-17-9-5-3-7-15(17)11-12-16-8-4-6-10-18(16)21/h3-10,19,21H,11-14H2,2H3/t19-/m1/s1. The number of carbonyl (C=O) groups is 1. The van der Waals surface area contributed by atoms with E-state index in [0.29, 0.717) is 6.54 Å². The van der Waals surface area contributed by atoms with Gasteiger partial charge in [-0.05, 0) is 35.1 Å². The summed E-state index contributed by atoms with van der Waals surface area (Å²) in [4.78, 5) is 17.6. The van der Waals surface area contributed by atoms with Crippen molar-refractivity contribution in [1.29, 1.82) is 0 Å². The minimum Gasteiger partial charge on any atom is -0.342 e. The van der Waals surface area contributed by atoms with Crippen LogP contribution >= 0.6 is 0 Å². The Balaban J connectivity index is 1.88. The molecule has 1 fully saturated rings. The minimum atomic E-state index is -0.0272. The second-order valence-electron chi connectivity index (χ2n) is 6.91. The largest absolute Gasteiger partial charge is 0.342 e. The Bertz CT molecular complexity index is 807. The Labute approximate surface area is 148 Å². The molecule has 1 heterocycles. The van der Waals surface area contributed by atoms with E-state index in [4.69, 9.17) is 6.57 Å². The van der Waals surface area contributed by atoms with Crippen LogP contribution in [0.5, 0.6) is 0 Å². The molecule has 4 rings (SSSR count). The smallest absolute Gasteiger partial charge is 0.248 e. The van der Waals surface area contributed by atoms with E-state index in [9.17, 15) is 4.79 Å². The lowest BCUT2D eigenvalue weighted by Gasteiger charge is -2.37. The SMILES string of the molecule is [C-]#[N+]N1CC(=O)N(C)C[C@@H]1C1c2ccccc2CCc2ccccc21. The lowest BCUT2D eigenvalue weighted by Crippen LogP contribution is -2.54. The number of carbonyl (C=O) groups excluding carboxylic acids is 1. The average molecular weight is 331 g/mol. The van der Waals surface area contributed by atoms with Crippen LogP contribution in [0, 0.1) is 6.57 Å². The molecule has 1 atom stereocenters. The van der Waals surface area contributed by atoms with E-state index < -0.39 is 0 Å². The molecule has 2 aromatic rings. The molecule has 0 aromatic heterocycles. The topological polar surface area (TPSA) is 27.9 Å². The second-order valence-corrected chi connectivity index (χ2v) is 6.91. The van der Waals surface area contributed by atoms with Gasteiger partial charge in [-0.2, -0.15) is 11.5 Å². The molecule has 0 saturated carbocycles. The molecule has 2 aliphatic rings. The fourth-order valence-corrected chi connectivity index (χ4v) is 4.22. The Morgan fingerprint density at radius 2 is 1.56 bits per heavy atom. The summed E-state index contributed by atoms with van der Waals surface area (Å²) in [6.45, 7) is 8.35. The Kier molecular flexibility index (Phi) is 3.93. The van der Waals surface area contributed by atoms with Crippen LogP contribution in [0.1, 0.15) is 28.2 Å². The average Bonchev–Trinajstić information content (AvgIpc) is 2.80. The van der Waals surface area contributed by atoms with E-state index in [1.165, 1.54) is 22.3 Å². The molecule has 126 valence electrons. The third-order valence-electron chi connectivity index (χ3n) is 5.52. The van der Waals surface area contributed by atoms with E-state index in [1.807, 2.05) is 7.05 Å². The number of benzene rings is 2. The maximum atomic E-state index is 12.1. The van der Waals surface area contributed by atoms with Gasteiger partial charge in [-0.1, -0.05) is 53.5 Å². The zero-order valence-electron chi connectivity index (χ0n) is 14.4. The molecular formula is C21H21N3O. The molecular weight excluding hydrogens is 310 g/mol. The van der Waals surface area contributed by atoms with Gasteiger partial charge in [0, 0.05) is 19.5 Å². The van der Waals surface area contributed by atoms with Gasteiger partial charge in [-0.15, -0.1) is 0 Å². The quantitative estimate of drug-likeness (QED) is 0.752. The minimum absolute atomic E-state index is 0.0162. The highest BCUT2D eigenvalue weighted by atomic mass is 16.2. The molecule has 0 bridgehead atoms. The second kappa shape index (κ2) is 6.25. The van der Waals surface area contributed by atoms with Crippen molar-refractivity contribution in [2.45, 2.75) is 24.8 Å². The zero-order chi connectivity index (χ0) is 17.4. The molecule has 0 unspecified atom stereocenters. The van der Waals surface area contributed by atoms with E-state index in [1.54, 1.807) is 9.91 Å². The molecule has 0 spiro atoms. The molecule has 0 radical (unpaired) electrons. The van der Waals surface area contributed by atoms with Crippen molar-refractivity contribution in [3.63, 3.8) is 0 Å². The monoisotopic (exact) mass is 331 g/mol. The summed E-state index contributed by atoms with van der Waals surface area (Å²) in [7, 11) is 1.84. The van der Waals surface area contributed by atoms with Gasteiger partial charge in [0.1, 0.15) is 6.04 Å². The van der Waals surface area contributed by atoms with Crippen molar-refractivity contribution in [2.75, 3.05) is 20.1 Å². The van der Waals surface area contributed by atoms with Crippen LogP contribution < -0.4 is 0 Å². The van der Waals surface area contributed by atoms with Crippen LogP contribution in [-0.2, 0) is 17.6 Å². The maximum Gasteiger partial charge on any atom is 0.248 e. The third kappa shape index (κ3) is 2.66. The number of piperazine rings is 1. The van der Waals surface area contributed by atoms with Crippen molar-refractivity contribution in [1.82, 2.24) is 9.91 Å². The number of nitrogens with zero attached hydrogens (tertiary/aromatic N) is 3. The van der Waals surface area contributed by atoms with Crippen molar-refractivity contribution in [2.24, 2.45) is 0 Å². The predicted octanol–water partition coefficient (Wildman–Crippen LogP) is 2.89. The van der Waals surface area contributed by atoms with E-state index in [2.05, 4.69) is 53.5 Å². The van der Waals surface area contributed by atoms with E-state index in [0.717, 1.165) is 12.8 Å². The van der Waals surface area contributed by atoms with Gasteiger partial charge in [-0.3, -0.25) is 4.79 Å². The predicted molar refractivity (Wildman–Crippen MR) is 96.9 cm³/mol. The Morgan fingerprint density at radius 1 is 1.00 bits per heavy atom. The highest BCUT2D eigenvalue weighted by Gasteiger charge is 2.42. The highest BCUT2D eigenvalue weighted by molar-refractivity contribution is 5.79. The number of amides is 1. The van der Waals surface area contributed by atoms with Gasteiger partial charge in [0.05, 0.1) is 0 Å². The molecule has 1 amide bonds. The van der Waals surface area contributed by atoms with Gasteiger partial charge in [-0.25, -0.2) is 0 Å². The van der Waals surface area contributed by atoms with Crippen molar-refractivity contribution in [3.8, 4) is 0 Å². The van der Waals surface area contributed by atoms with Gasteiger partial charge in [0.25, 0.3) is 0 Å². The Morgan fingerprint density at radius 3 is 2.12 bits per heavy atom. The number of hydrogen-bond donors (Lipinski definition) is 0. The zero-order valence-corrected chi connectivity index (χ0v) is 14.4. The maximum absolute atomic E-state index is 12.1. The normalized spacial score (nSPS) is 20.5. The first kappa shape index (κ1) is 15.7. The molecule has 2 aromatic carbocycles. The van der Waals surface area contributed by atoms with Crippen LogP contribution in [0.2, 0.25) is 0 Å². The number of rotatable bonds is 1. The lowest BCUT2D eigenvalue weighted by atomic mass is 9.81. The number of likely N-dealkylation sites (N-methyl/N-ethyl adjacent to an activating group) is 1. The van der Waals surface area contributed by atoms with Gasteiger partial charge in [0.15, 0.2) is 6.54 Å². The van der Waals surface area contributed by atoms with E-state index >= 15 is 0 Å². The summed E-state index contributed by atoms with van der Waals surface area (Å²) in [5, 5.41) is 1.66. The number of aryl methyl sites for hydroxylation is 2. The summed E-state index contributed by atoms with van der Waals surface area (Å²) in [5.74, 6) is 0.127. The number of fused-ring (bicyclic) bond motifs is 2. The number of hydrogen-bond acceptors (Lipinski definition) is 2. The van der Waals surface area contributed by atoms with E-state index in [-0.39, 0.29) is 24.4 Å². The van der Waals surface area contributed by atoms with Crippen LogP contribution in [0.4, 0.5) is 0 Å². The van der Waals surface area contributed by atoms with Crippen LogP contribution in [0.25, 0.3) is 4.95 Å². The van der Waals surface area contributed by atoms with Crippen molar-refractivity contribution >= 4 is 5.91 Å². The summed E-state index contributed by atoms with van der Waals surface area (Å²) in [5.41, 5.74) is 5.31. The molecule has 25 heavy (non-hydrogen) atoms. The van der Waals surface area contributed by atoms with Crippen LogP contribution in [0.15, 0.2) is 48.5 Å². The van der Waals surface area contributed by atoms with Crippen molar-refractivity contribution in [3.05, 3.63) is 82.3 Å². The van der Waals surface area contributed by atoms with Crippen LogP contribution in [-0.4, -0.2) is 42.0 Å². The highest BCUT2D eigenvalue weighted by Crippen LogP contribution is 2.39. The van der Waals surface area contributed by atoms with Gasteiger partial charge < -0.3 is 4.90 Å². The fourth-order valence-electron chi connectivity index (χ4n) is 4.22. The molecule has 4 heteroatoms. The van der Waals surface area contributed by atoms with Crippen LogP contribution in [0.3, 0.4) is 0 Å². The molecule has 1 aliphatic heterocycles. The lowest BCUT2D eigenvalue weighted by molar-refractivity contribution is -0.135. The first-order chi connectivity index (χ1) is 12.2. The molecule has 4 nitrogen and oxygen atoms in total. The molecule has 0 N–H and O–H groups in total. The summed E-state index contributed by atoms with van der Waals surface area (Å²) in [6, 6.07) is 17.1. The van der Waals surface area contributed by atoms with Gasteiger partial charge >= 0.3 is 0 Å².